The maximum atomic E-state index is 12.7. The molecule has 0 radical (unpaired) electrons. The second-order valence-electron chi connectivity index (χ2n) is 5.77. The first-order valence-electron chi connectivity index (χ1n) is 7.47. The van der Waals surface area contributed by atoms with Crippen LogP contribution in [-0.4, -0.2) is 48.0 Å². The second-order valence-corrected chi connectivity index (χ2v) is 6.63. The van der Waals surface area contributed by atoms with Gasteiger partial charge in [0.15, 0.2) is 0 Å². The number of hydrogen-bond acceptors (Lipinski definition) is 4. The molecule has 1 aliphatic rings. The number of halogens is 4. The summed E-state index contributed by atoms with van der Waals surface area (Å²) in [5.41, 5.74) is -0.995. The van der Waals surface area contributed by atoms with Gasteiger partial charge in [-0.2, -0.15) is 13.2 Å². The second kappa shape index (κ2) is 7.55. The van der Waals surface area contributed by atoms with E-state index in [-0.39, 0.29) is 0 Å². The summed E-state index contributed by atoms with van der Waals surface area (Å²) < 4.78 is 36.6. The first-order valence-corrected chi connectivity index (χ1v) is 8.27. The zero-order valence-corrected chi connectivity index (χ0v) is 15.4. The molecule has 1 aromatic carbocycles. The molecule has 6 amide bonds. The summed E-state index contributed by atoms with van der Waals surface area (Å²) in [5, 5.41) is 5.54. The lowest BCUT2D eigenvalue weighted by Gasteiger charge is -2.23. The van der Waals surface area contributed by atoms with Crippen molar-refractivity contribution < 1.29 is 32.3 Å². The van der Waals surface area contributed by atoms with Crippen molar-refractivity contribution >= 4 is 39.8 Å². The Morgan fingerprint density at radius 2 is 1.89 bits per heavy atom. The van der Waals surface area contributed by atoms with Crippen LogP contribution in [0.4, 0.5) is 22.8 Å². The number of amides is 6. The zero-order chi connectivity index (χ0) is 20.4. The van der Waals surface area contributed by atoms with Gasteiger partial charge in [-0.3, -0.25) is 19.8 Å². The molecule has 0 aromatic heterocycles. The average Bonchev–Trinajstić information content (AvgIpc) is 2.77. The van der Waals surface area contributed by atoms with Gasteiger partial charge in [0.25, 0.3) is 5.91 Å². The van der Waals surface area contributed by atoms with Gasteiger partial charge in [0.05, 0.1) is 0 Å². The van der Waals surface area contributed by atoms with Gasteiger partial charge in [-0.1, -0.05) is 34.1 Å². The lowest BCUT2D eigenvalue weighted by molar-refractivity contribution is -0.134. The van der Waals surface area contributed by atoms with Gasteiger partial charge in [0.2, 0.25) is 5.91 Å². The number of carbonyl (C=O) groups excluding carboxylic acids is 4. The summed E-state index contributed by atoms with van der Waals surface area (Å²) in [6.07, 6.45) is -4.64. The van der Waals surface area contributed by atoms with E-state index in [9.17, 15) is 32.3 Å². The molecule has 1 aliphatic heterocycles. The van der Waals surface area contributed by atoms with Crippen LogP contribution >= 0.6 is 15.9 Å². The normalized spacial score (nSPS) is 19.7. The molecule has 1 saturated heterocycles. The minimum Gasteiger partial charge on any atom is -0.329 e. The molecule has 0 saturated carbocycles. The van der Waals surface area contributed by atoms with Crippen LogP contribution in [0.5, 0.6) is 0 Å². The molecule has 2 rings (SSSR count). The Hall–Kier alpha value is -2.63. The molecule has 1 atom stereocenters. The van der Waals surface area contributed by atoms with E-state index < -0.39 is 48.7 Å². The molecule has 1 heterocycles. The number of hydrogen-bond donors (Lipinski definition) is 3. The van der Waals surface area contributed by atoms with Crippen LogP contribution in [0.3, 0.4) is 0 Å². The molecule has 1 aromatic rings. The van der Waals surface area contributed by atoms with Crippen LogP contribution in [0.1, 0.15) is 12.5 Å². The van der Waals surface area contributed by atoms with Crippen molar-refractivity contribution in [2.75, 3.05) is 13.1 Å². The van der Waals surface area contributed by atoms with Gasteiger partial charge in [-0.25, -0.2) is 9.59 Å². The predicted molar refractivity (Wildman–Crippen MR) is 89.3 cm³/mol. The molecule has 12 heteroatoms. The Morgan fingerprint density at radius 1 is 1.26 bits per heavy atom. The summed E-state index contributed by atoms with van der Waals surface area (Å²) >= 11 is 3.28. The SMILES string of the molecule is CC1(c2ccccc2Br)NC(=O)N(CC(=O)NC(=O)NCC(F)(F)F)C1=O. The highest BCUT2D eigenvalue weighted by atomic mass is 79.9. The molecule has 0 spiro atoms. The fourth-order valence-corrected chi connectivity index (χ4v) is 3.11. The van der Waals surface area contributed by atoms with Crippen molar-refractivity contribution in [3.63, 3.8) is 0 Å². The molecule has 3 N–H and O–H groups in total. The molecule has 0 bridgehead atoms. The highest BCUT2D eigenvalue weighted by Crippen LogP contribution is 2.33. The van der Waals surface area contributed by atoms with E-state index in [2.05, 4.69) is 21.2 Å². The smallest absolute Gasteiger partial charge is 0.329 e. The maximum absolute atomic E-state index is 12.7. The predicted octanol–water partition coefficient (Wildman–Crippen LogP) is 1.60. The van der Waals surface area contributed by atoms with Crippen LogP contribution in [0, 0.1) is 0 Å². The van der Waals surface area contributed by atoms with E-state index >= 15 is 0 Å². The number of rotatable bonds is 4. The van der Waals surface area contributed by atoms with Crippen LogP contribution < -0.4 is 16.0 Å². The van der Waals surface area contributed by atoms with Gasteiger partial charge in [0, 0.05) is 10.0 Å². The molecular weight excluding hydrogens is 437 g/mol. The van der Waals surface area contributed by atoms with Gasteiger partial charge in [0.1, 0.15) is 18.6 Å². The van der Waals surface area contributed by atoms with Gasteiger partial charge in [-0.05, 0) is 13.0 Å². The first-order chi connectivity index (χ1) is 12.4. The van der Waals surface area contributed by atoms with Gasteiger partial charge in [-0.15, -0.1) is 0 Å². The van der Waals surface area contributed by atoms with Crippen molar-refractivity contribution in [1.82, 2.24) is 20.9 Å². The summed E-state index contributed by atoms with van der Waals surface area (Å²) in [4.78, 5) is 48.4. The van der Waals surface area contributed by atoms with Crippen molar-refractivity contribution in [3.05, 3.63) is 34.3 Å². The summed E-state index contributed by atoms with van der Waals surface area (Å²) in [6, 6.07) is 4.38. The van der Waals surface area contributed by atoms with Crippen LogP contribution in [0.25, 0.3) is 0 Å². The fourth-order valence-electron chi connectivity index (χ4n) is 2.42. The third-order valence-electron chi connectivity index (χ3n) is 3.69. The van der Waals surface area contributed by atoms with Crippen molar-refractivity contribution in [1.29, 1.82) is 0 Å². The van der Waals surface area contributed by atoms with Crippen LogP contribution in [0.2, 0.25) is 0 Å². The number of benzene rings is 1. The van der Waals surface area contributed by atoms with E-state index in [1.165, 1.54) is 12.2 Å². The number of carbonyl (C=O) groups is 4. The standard InChI is InChI=1S/C15H14BrF3N4O4/c1-14(8-4-2-3-5-9(8)16)11(25)23(13(27)22-14)6-10(24)21-12(26)20-7-15(17,18)19/h2-5H,6-7H2,1H3,(H,22,27)(H2,20,21,24,26). The molecule has 1 unspecified atom stereocenters. The highest BCUT2D eigenvalue weighted by molar-refractivity contribution is 9.10. The third kappa shape index (κ3) is 4.76. The summed E-state index contributed by atoms with van der Waals surface area (Å²) in [5.74, 6) is -1.86. The molecule has 1 fully saturated rings. The van der Waals surface area contributed by atoms with Gasteiger partial charge < -0.3 is 10.6 Å². The quantitative estimate of drug-likeness (QED) is 0.605. The Bertz CT molecular complexity index is 802. The average molecular weight is 451 g/mol. The van der Waals surface area contributed by atoms with Crippen molar-refractivity contribution in [3.8, 4) is 0 Å². The lowest BCUT2D eigenvalue weighted by atomic mass is 9.92. The summed E-state index contributed by atoms with van der Waals surface area (Å²) in [7, 11) is 0. The third-order valence-corrected chi connectivity index (χ3v) is 4.38. The van der Waals surface area contributed by atoms with Gasteiger partial charge >= 0.3 is 18.2 Å². The zero-order valence-electron chi connectivity index (χ0n) is 13.8. The number of alkyl halides is 3. The van der Waals surface area contributed by atoms with E-state index in [4.69, 9.17) is 0 Å². The highest BCUT2D eigenvalue weighted by Gasteiger charge is 2.50. The fraction of sp³-hybridized carbons (Fsp3) is 0.333. The number of nitrogens with one attached hydrogen (secondary N) is 3. The number of nitrogens with zero attached hydrogens (tertiary/aromatic N) is 1. The monoisotopic (exact) mass is 450 g/mol. The Balaban J connectivity index is 2.04. The molecule has 8 nitrogen and oxygen atoms in total. The molecular formula is C15H14BrF3N4O4. The minimum absolute atomic E-state index is 0.453. The molecule has 27 heavy (non-hydrogen) atoms. The van der Waals surface area contributed by atoms with Crippen molar-refractivity contribution in [2.24, 2.45) is 0 Å². The Labute approximate surface area is 159 Å². The van der Waals surface area contributed by atoms with Crippen LogP contribution in [-0.2, 0) is 15.1 Å². The summed E-state index contributed by atoms with van der Waals surface area (Å²) in [6.45, 7) is -1.01. The van der Waals surface area contributed by atoms with E-state index in [1.807, 2.05) is 0 Å². The van der Waals surface area contributed by atoms with Crippen molar-refractivity contribution in [2.45, 2.75) is 18.6 Å². The Kier molecular flexibility index (Phi) is 5.78. The van der Waals surface area contributed by atoms with Crippen LogP contribution in [0.15, 0.2) is 28.7 Å². The van der Waals surface area contributed by atoms with E-state index in [0.29, 0.717) is 14.9 Å². The Morgan fingerprint density at radius 3 is 2.48 bits per heavy atom. The first kappa shape index (κ1) is 20.7. The molecule has 0 aliphatic carbocycles. The minimum atomic E-state index is -4.64. The maximum Gasteiger partial charge on any atom is 0.405 e. The topological polar surface area (TPSA) is 108 Å². The largest absolute Gasteiger partial charge is 0.405 e. The van der Waals surface area contributed by atoms with E-state index in [0.717, 1.165) is 0 Å². The number of urea groups is 2. The lowest BCUT2D eigenvalue weighted by Crippen LogP contribution is -2.48. The number of imide groups is 2. The van der Waals surface area contributed by atoms with E-state index in [1.54, 1.807) is 29.6 Å². The molecule has 146 valence electrons.